The normalized spacial score (nSPS) is 17.4. The highest BCUT2D eigenvalue weighted by Crippen LogP contribution is 2.54. The molecule has 12 aromatic carbocycles. The second-order valence-electron chi connectivity index (χ2n) is 35.1. The minimum atomic E-state index is -0.746. The lowest BCUT2D eigenvalue weighted by Gasteiger charge is -2.11. The molecule has 20 heteroatoms. The van der Waals surface area contributed by atoms with Gasteiger partial charge in [-0.05, 0) is 269 Å². The number of ketones is 4. The van der Waals surface area contributed by atoms with Crippen molar-refractivity contribution in [2.24, 2.45) is 23.7 Å². The molecule has 4 saturated carbocycles. The van der Waals surface area contributed by atoms with Gasteiger partial charge in [-0.2, -0.15) is 0 Å². The third kappa shape index (κ3) is 17.6. The fraction of sp³-hybridized carbons (Fsp3) is 0.200. The monoisotopic (exact) mass is 1800 g/mol. The van der Waals surface area contributed by atoms with E-state index < -0.39 is 23.9 Å². The topological polar surface area (TPSA) is 298 Å². The maximum absolute atomic E-state index is 13.8. The smallest absolute Gasteiger partial charge is 0.307 e. The first-order valence-corrected chi connectivity index (χ1v) is 46.3. The van der Waals surface area contributed by atoms with Crippen LogP contribution in [0.25, 0.3) is 84.9 Å². The van der Waals surface area contributed by atoms with E-state index in [2.05, 4.69) is 0 Å². The number of aromatic hydroxyl groups is 4. The molecule has 0 radical (unpaired) electrons. The van der Waals surface area contributed by atoms with Crippen LogP contribution in [0.5, 0.6) is 23.0 Å². The summed E-state index contributed by atoms with van der Waals surface area (Å²) in [4.78, 5) is 102. The van der Waals surface area contributed by atoms with Gasteiger partial charge in [-0.15, -0.1) is 45.3 Å². The molecule has 0 aliphatic heterocycles. The molecule has 4 aliphatic rings. The van der Waals surface area contributed by atoms with Crippen molar-refractivity contribution < 1.29 is 79.2 Å². The summed E-state index contributed by atoms with van der Waals surface area (Å²) in [5.74, 6) is -3.36. The predicted molar refractivity (Wildman–Crippen MR) is 517 cm³/mol. The number of carboxylic acids is 4. The van der Waals surface area contributed by atoms with Crippen molar-refractivity contribution in [1.29, 1.82) is 0 Å². The number of fused-ring (bicyclic) bond motifs is 4. The average molecular weight is 1800 g/mol. The van der Waals surface area contributed by atoms with Gasteiger partial charge in [0.15, 0.2) is 0 Å². The first-order valence-electron chi connectivity index (χ1n) is 43.0. The summed E-state index contributed by atoms with van der Waals surface area (Å²) in [6.45, 7) is 19.8. The largest absolute Gasteiger partial charge is 0.508 e. The van der Waals surface area contributed by atoms with Gasteiger partial charge in [0.05, 0.1) is 43.2 Å². The summed E-state index contributed by atoms with van der Waals surface area (Å²) in [6, 6.07) is 72.1. The van der Waals surface area contributed by atoms with Gasteiger partial charge in [-0.1, -0.05) is 180 Å². The molecular formula is C110H92O16S4. The quantitative estimate of drug-likeness (QED) is 0.0329. The third-order valence-electron chi connectivity index (χ3n) is 25.5. The predicted octanol–water partition coefficient (Wildman–Crippen LogP) is 25.9. The number of carbonyl (C=O) groups excluding carboxylic acids is 4. The summed E-state index contributed by atoms with van der Waals surface area (Å²) < 4.78 is 3.41. The summed E-state index contributed by atoms with van der Waals surface area (Å²) in [5.41, 5.74) is 24.0. The van der Waals surface area contributed by atoms with Crippen molar-refractivity contribution in [2.45, 2.75) is 119 Å². The molecule has 4 fully saturated rings. The van der Waals surface area contributed by atoms with Gasteiger partial charge in [-0.25, -0.2) is 0 Å². The summed E-state index contributed by atoms with van der Waals surface area (Å²) in [6.07, 6.45) is 2.69. The van der Waals surface area contributed by atoms with Crippen molar-refractivity contribution in [1.82, 2.24) is 0 Å². The molecule has 16 nitrogen and oxygen atoms in total. The van der Waals surface area contributed by atoms with Gasteiger partial charge in [0.1, 0.15) is 23.0 Å². The van der Waals surface area contributed by atoms with E-state index in [4.69, 9.17) is 0 Å². The van der Waals surface area contributed by atoms with E-state index in [1.165, 1.54) is 45.3 Å². The maximum atomic E-state index is 13.8. The van der Waals surface area contributed by atoms with E-state index in [1.54, 1.807) is 48.5 Å². The number of phenolic OH excluding ortho intramolecular Hbond substituents is 4. The van der Waals surface area contributed by atoms with E-state index in [9.17, 15) is 79.2 Å². The Morgan fingerprint density at radius 2 is 0.462 bits per heavy atom. The lowest BCUT2D eigenvalue weighted by Crippen LogP contribution is -2.06. The zero-order chi connectivity index (χ0) is 92.0. The second kappa shape index (κ2) is 35.4. The summed E-state index contributed by atoms with van der Waals surface area (Å²) in [7, 11) is 0. The number of aryl methyl sites for hydroxylation is 10. The van der Waals surface area contributed by atoms with Gasteiger partial charge in [0.2, 0.25) is 23.1 Å². The number of phenols is 4. The number of carbonyl (C=O) groups is 8. The number of thiophene rings is 4. The van der Waals surface area contributed by atoms with E-state index in [1.807, 2.05) is 251 Å². The van der Waals surface area contributed by atoms with Gasteiger partial charge in [0, 0.05) is 84.9 Å². The first-order chi connectivity index (χ1) is 62.1. The second-order valence-corrected chi connectivity index (χ2v) is 39.3. The molecule has 8 unspecified atom stereocenters. The van der Waals surface area contributed by atoms with Crippen LogP contribution < -0.4 is 0 Å². The Bertz CT molecular complexity index is 6880. The van der Waals surface area contributed by atoms with Crippen LogP contribution in [0.15, 0.2) is 231 Å². The highest BCUT2D eigenvalue weighted by Gasteiger charge is 2.47. The van der Waals surface area contributed by atoms with Crippen molar-refractivity contribution >= 4 is 133 Å². The first kappa shape index (κ1) is 88.3. The SMILES string of the molecule is Cc1cc(C)c(C(=O)c2sc3cc(O)ccc3c2-c2ccc(C3CC3C(=O)O)cc2)c(C)c1.Cc1cc(C)c(C(=O)c2sc3cc(O)ccc3c2-c2ccc(C3CC3C(=O)O)cc2)c(C)c1.Cc1ccc(C(=O)c2sc3cc(O)ccc3c2-c2ccc(C3CC3C(=O)O)cc2)c(C)c1.Cc1ccc(C(=O)c2sc3cc(O)ccc3c2-c2ccc(C3CC3C(=O)O)cc2)c(C)c1. The standard InChI is InChI=1S/2C28H24O4S.2C27H22O4S/c2*1-14-10-15(2)24(16(3)11-14)26(30)27-25(20-9-8-19(29)12-23(20)33-27)18-6-4-17(5-7-18)21-13-22(21)28(31)32;2*1-14-3-9-19(15(2)11-14)25(29)26-24(20-10-8-18(28)12-23(20)32-26)17-6-4-16(5-7-17)21-13-22(21)27(30)31/h2*4-12,21-22,29H,13H2,1-3H3,(H,31,32);2*3-12,21-22,28H,13H2,1-2H3,(H,30,31). The Morgan fingerprint density at radius 1 is 0.246 bits per heavy atom. The summed E-state index contributed by atoms with van der Waals surface area (Å²) >= 11 is 5.57. The molecule has 0 bridgehead atoms. The van der Waals surface area contributed by atoms with Crippen LogP contribution in [0.1, 0.15) is 188 Å². The minimum absolute atomic E-state index is 0.0158. The fourth-order valence-corrected chi connectivity index (χ4v) is 23.6. The fourth-order valence-electron chi connectivity index (χ4n) is 18.7. The van der Waals surface area contributed by atoms with Gasteiger partial charge < -0.3 is 40.9 Å². The van der Waals surface area contributed by atoms with Crippen LogP contribution in [0.3, 0.4) is 0 Å². The molecule has 8 atom stereocenters. The van der Waals surface area contributed by atoms with Crippen LogP contribution >= 0.6 is 45.3 Å². The van der Waals surface area contributed by atoms with E-state index in [0.29, 0.717) is 56.3 Å². The van der Waals surface area contributed by atoms with Crippen LogP contribution in [0.4, 0.5) is 0 Å². The Hall–Kier alpha value is -13.8. The van der Waals surface area contributed by atoms with Crippen LogP contribution in [-0.4, -0.2) is 87.9 Å². The molecule has 652 valence electrons. The Labute approximate surface area is 766 Å². The van der Waals surface area contributed by atoms with E-state index in [-0.39, 0.29) is 93.5 Å². The van der Waals surface area contributed by atoms with Crippen molar-refractivity contribution in [3.05, 3.63) is 350 Å². The van der Waals surface area contributed by atoms with E-state index in [0.717, 1.165) is 174 Å². The molecule has 4 aromatic heterocycles. The van der Waals surface area contributed by atoms with Crippen LogP contribution in [0, 0.1) is 92.9 Å². The van der Waals surface area contributed by atoms with E-state index >= 15 is 0 Å². The van der Waals surface area contributed by atoms with Crippen LogP contribution in [-0.2, 0) is 19.2 Å². The number of aliphatic carboxylic acids is 4. The summed E-state index contributed by atoms with van der Waals surface area (Å²) in [5, 5.41) is 80.6. The van der Waals surface area contributed by atoms with Gasteiger partial charge >= 0.3 is 23.9 Å². The van der Waals surface area contributed by atoms with Crippen molar-refractivity contribution in [3.63, 3.8) is 0 Å². The van der Waals surface area contributed by atoms with Crippen molar-refractivity contribution in [2.75, 3.05) is 0 Å². The average Bonchev–Trinajstić information content (AvgIpc) is 1.61. The molecule has 20 rings (SSSR count). The number of rotatable bonds is 20. The Kier molecular flexibility index (Phi) is 24.0. The molecular weight excluding hydrogens is 1710 g/mol. The molecule has 0 spiro atoms. The number of carboxylic acid groups (broad SMARTS) is 4. The molecule has 0 saturated heterocycles. The number of hydrogen-bond donors (Lipinski definition) is 8. The molecule has 0 amide bonds. The van der Waals surface area contributed by atoms with Gasteiger partial charge in [0.25, 0.3) is 0 Å². The number of benzene rings is 12. The molecule has 4 aliphatic carbocycles. The Balaban J connectivity index is 0.000000121. The van der Waals surface area contributed by atoms with Gasteiger partial charge in [-0.3, -0.25) is 38.4 Å². The maximum Gasteiger partial charge on any atom is 0.307 e. The highest BCUT2D eigenvalue weighted by atomic mass is 32.1. The highest BCUT2D eigenvalue weighted by molar-refractivity contribution is 7.23. The lowest BCUT2D eigenvalue weighted by atomic mass is 9.92. The zero-order valence-electron chi connectivity index (χ0n) is 72.9. The molecule has 130 heavy (non-hydrogen) atoms. The minimum Gasteiger partial charge on any atom is -0.508 e. The lowest BCUT2D eigenvalue weighted by molar-refractivity contribution is -0.139. The van der Waals surface area contributed by atoms with Crippen molar-refractivity contribution in [3.8, 4) is 67.5 Å². The molecule has 4 heterocycles. The Morgan fingerprint density at radius 3 is 0.669 bits per heavy atom. The van der Waals surface area contributed by atoms with Crippen LogP contribution in [0.2, 0.25) is 0 Å². The molecule has 8 N–H and O–H groups in total. The third-order valence-corrected chi connectivity index (χ3v) is 30.1. The zero-order valence-corrected chi connectivity index (χ0v) is 76.1. The molecule has 16 aromatic rings. The number of hydrogen-bond acceptors (Lipinski definition) is 16.